The molecule has 0 saturated heterocycles. The summed E-state index contributed by atoms with van der Waals surface area (Å²) < 4.78 is 11.8. The van der Waals surface area contributed by atoms with E-state index in [0.29, 0.717) is 0 Å². The van der Waals surface area contributed by atoms with Gasteiger partial charge in [-0.1, -0.05) is 114 Å². The number of benzene rings is 2. The standard InChI is InChI=1S/C33H52O2/c1-2-3-4-5-6-7-8-9-10-11-12-13-17-23-31-24-22-27-33(30-31)35-29-21-15-14-20-28-34-32-25-18-16-19-26-32/h16,18-19,22,24-27,30H,2-15,17,20-21,23,28-29H2,1H3. The highest BCUT2D eigenvalue weighted by atomic mass is 16.5. The average molecular weight is 481 g/mol. The number of hydrogen-bond donors (Lipinski definition) is 0. The molecule has 0 atom stereocenters. The van der Waals surface area contributed by atoms with E-state index < -0.39 is 0 Å². The molecular formula is C33H52O2. The minimum atomic E-state index is 0.798. The third-order valence-electron chi connectivity index (χ3n) is 6.79. The molecule has 0 fully saturated rings. The van der Waals surface area contributed by atoms with Crippen molar-refractivity contribution in [2.45, 2.75) is 122 Å². The van der Waals surface area contributed by atoms with E-state index in [1.54, 1.807) is 0 Å². The van der Waals surface area contributed by atoms with Crippen LogP contribution in [0.1, 0.15) is 122 Å². The molecule has 2 rings (SSSR count). The Morgan fingerprint density at radius 1 is 0.457 bits per heavy atom. The summed E-state index contributed by atoms with van der Waals surface area (Å²) in [6, 6.07) is 18.8. The van der Waals surface area contributed by atoms with E-state index in [0.717, 1.165) is 37.6 Å². The fourth-order valence-electron chi connectivity index (χ4n) is 4.59. The molecule has 0 N–H and O–H groups in total. The van der Waals surface area contributed by atoms with E-state index in [4.69, 9.17) is 9.47 Å². The molecule has 35 heavy (non-hydrogen) atoms. The fraction of sp³-hybridized carbons (Fsp3) is 0.636. The quantitative estimate of drug-likeness (QED) is 0.147. The molecule has 2 nitrogen and oxygen atoms in total. The molecule has 0 aliphatic heterocycles. The number of unbranched alkanes of at least 4 members (excludes halogenated alkanes) is 15. The molecule has 0 heterocycles. The van der Waals surface area contributed by atoms with Crippen LogP contribution >= 0.6 is 0 Å². The van der Waals surface area contributed by atoms with Crippen molar-refractivity contribution in [1.82, 2.24) is 0 Å². The van der Waals surface area contributed by atoms with E-state index in [2.05, 4.69) is 31.2 Å². The Bertz CT molecular complexity index is 712. The highest BCUT2D eigenvalue weighted by Gasteiger charge is 2.00. The Hall–Kier alpha value is -1.96. The van der Waals surface area contributed by atoms with Gasteiger partial charge in [-0.25, -0.2) is 0 Å². The molecule has 0 radical (unpaired) electrons. The van der Waals surface area contributed by atoms with Gasteiger partial charge in [-0.05, 0) is 68.4 Å². The summed E-state index contributed by atoms with van der Waals surface area (Å²) in [5, 5.41) is 0. The molecule has 0 aliphatic rings. The van der Waals surface area contributed by atoms with Gasteiger partial charge in [-0.3, -0.25) is 0 Å². The number of rotatable bonds is 23. The van der Waals surface area contributed by atoms with Crippen LogP contribution in [0.2, 0.25) is 0 Å². The molecule has 0 amide bonds. The van der Waals surface area contributed by atoms with Crippen LogP contribution in [0.4, 0.5) is 0 Å². The lowest BCUT2D eigenvalue weighted by Crippen LogP contribution is -2.00. The smallest absolute Gasteiger partial charge is 0.119 e. The highest BCUT2D eigenvalue weighted by molar-refractivity contribution is 5.28. The van der Waals surface area contributed by atoms with Crippen LogP contribution in [0.15, 0.2) is 54.6 Å². The van der Waals surface area contributed by atoms with Crippen LogP contribution in [0.25, 0.3) is 0 Å². The molecule has 0 bridgehead atoms. The molecule has 0 aromatic heterocycles. The topological polar surface area (TPSA) is 18.5 Å². The Labute approximate surface area is 216 Å². The van der Waals surface area contributed by atoms with Crippen LogP contribution in [0.5, 0.6) is 11.5 Å². The largest absolute Gasteiger partial charge is 0.494 e. The van der Waals surface area contributed by atoms with Crippen molar-refractivity contribution < 1.29 is 9.47 Å². The SMILES string of the molecule is CCCCCCCCCCCCCCCc1cccc(OCCCCCCOc2ccccc2)c1. The predicted molar refractivity (Wildman–Crippen MR) is 152 cm³/mol. The maximum atomic E-state index is 6.01. The molecule has 0 spiro atoms. The number of hydrogen-bond acceptors (Lipinski definition) is 2. The second kappa shape index (κ2) is 21.3. The zero-order valence-electron chi connectivity index (χ0n) is 22.7. The number of aryl methyl sites for hydroxylation is 1. The Morgan fingerprint density at radius 3 is 1.54 bits per heavy atom. The zero-order valence-corrected chi connectivity index (χ0v) is 22.7. The maximum absolute atomic E-state index is 6.01. The summed E-state index contributed by atoms with van der Waals surface area (Å²) in [6.07, 6.45) is 24.1. The van der Waals surface area contributed by atoms with Crippen LogP contribution in [-0.2, 0) is 6.42 Å². The maximum Gasteiger partial charge on any atom is 0.119 e. The summed E-state index contributed by atoms with van der Waals surface area (Å²) in [5.74, 6) is 2.00. The van der Waals surface area contributed by atoms with Crippen molar-refractivity contribution in [2.75, 3.05) is 13.2 Å². The van der Waals surface area contributed by atoms with Gasteiger partial charge in [-0.15, -0.1) is 0 Å². The monoisotopic (exact) mass is 480 g/mol. The Morgan fingerprint density at radius 2 is 0.943 bits per heavy atom. The van der Waals surface area contributed by atoms with Crippen molar-refractivity contribution in [3.05, 3.63) is 60.2 Å². The molecule has 0 aliphatic carbocycles. The van der Waals surface area contributed by atoms with Crippen molar-refractivity contribution in [2.24, 2.45) is 0 Å². The lowest BCUT2D eigenvalue weighted by atomic mass is 10.0. The molecule has 0 saturated carbocycles. The van der Waals surface area contributed by atoms with Crippen molar-refractivity contribution in [3.63, 3.8) is 0 Å². The first-order valence-corrected chi connectivity index (χ1v) is 14.8. The van der Waals surface area contributed by atoms with E-state index in [1.807, 2.05) is 30.3 Å². The first-order chi connectivity index (χ1) is 17.4. The van der Waals surface area contributed by atoms with Crippen LogP contribution in [0, 0.1) is 0 Å². The minimum absolute atomic E-state index is 0.798. The normalized spacial score (nSPS) is 11.0. The van der Waals surface area contributed by atoms with Crippen LogP contribution in [0.3, 0.4) is 0 Å². The van der Waals surface area contributed by atoms with Gasteiger partial charge in [0.1, 0.15) is 11.5 Å². The molecule has 2 heteroatoms. The molecule has 0 unspecified atom stereocenters. The highest BCUT2D eigenvalue weighted by Crippen LogP contribution is 2.18. The second-order valence-electron chi connectivity index (χ2n) is 10.1. The number of para-hydroxylation sites is 1. The Kier molecular flexibility index (Phi) is 17.8. The van der Waals surface area contributed by atoms with Gasteiger partial charge < -0.3 is 9.47 Å². The van der Waals surface area contributed by atoms with E-state index >= 15 is 0 Å². The fourth-order valence-corrected chi connectivity index (χ4v) is 4.59. The van der Waals surface area contributed by atoms with Crippen LogP contribution < -0.4 is 9.47 Å². The van der Waals surface area contributed by atoms with E-state index in [1.165, 1.54) is 108 Å². The van der Waals surface area contributed by atoms with Crippen LogP contribution in [-0.4, -0.2) is 13.2 Å². The first-order valence-electron chi connectivity index (χ1n) is 14.8. The third kappa shape index (κ3) is 16.4. The van der Waals surface area contributed by atoms with Gasteiger partial charge in [-0.2, -0.15) is 0 Å². The Balaban J connectivity index is 1.39. The molecular weight excluding hydrogens is 428 g/mol. The van der Waals surface area contributed by atoms with Gasteiger partial charge in [0.15, 0.2) is 0 Å². The molecule has 2 aromatic rings. The summed E-state index contributed by atoms with van der Waals surface area (Å²) in [6.45, 7) is 3.90. The van der Waals surface area contributed by atoms with Crippen molar-refractivity contribution >= 4 is 0 Å². The minimum Gasteiger partial charge on any atom is -0.494 e. The van der Waals surface area contributed by atoms with Gasteiger partial charge in [0.2, 0.25) is 0 Å². The van der Waals surface area contributed by atoms with Gasteiger partial charge in [0.25, 0.3) is 0 Å². The molecule has 2 aromatic carbocycles. The van der Waals surface area contributed by atoms with E-state index in [9.17, 15) is 0 Å². The second-order valence-corrected chi connectivity index (χ2v) is 10.1. The predicted octanol–water partition coefficient (Wildman–Crippen LogP) is 10.3. The first kappa shape index (κ1) is 29.3. The molecule has 196 valence electrons. The summed E-state index contributed by atoms with van der Waals surface area (Å²) in [4.78, 5) is 0. The lowest BCUT2D eigenvalue weighted by molar-refractivity contribution is 0.287. The van der Waals surface area contributed by atoms with E-state index in [-0.39, 0.29) is 0 Å². The summed E-state index contributed by atoms with van der Waals surface area (Å²) in [7, 11) is 0. The van der Waals surface area contributed by atoms with Crippen molar-refractivity contribution in [1.29, 1.82) is 0 Å². The third-order valence-corrected chi connectivity index (χ3v) is 6.79. The van der Waals surface area contributed by atoms with Gasteiger partial charge in [0.05, 0.1) is 13.2 Å². The summed E-state index contributed by atoms with van der Waals surface area (Å²) in [5.41, 5.74) is 1.42. The summed E-state index contributed by atoms with van der Waals surface area (Å²) >= 11 is 0. The zero-order chi connectivity index (χ0) is 24.7. The van der Waals surface area contributed by atoms with Gasteiger partial charge >= 0.3 is 0 Å². The number of ether oxygens (including phenoxy) is 2. The average Bonchev–Trinajstić information content (AvgIpc) is 2.89. The van der Waals surface area contributed by atoms with Crippen molar-refractivity contribution in [3.8, 4) is 11.5 Å². The van der Waals surface area contributed by atoms with Gasteiger partial charge in [0, 0.05) is 0 Å². The lowest BCUT2D eigenvalue weighted by Gasteiger charge is -2.09.